The summed E-state index contributed by atoms with van der Waals surface area (Å²) in [4.78, 5) is 7.25. The molecule has 0 bridgehead atoms. The third-order valence-corrected chi connectivity index (χ3v) is 8.05. The molecule has 117 valence electrons. The molecule has 0 saturated carbocycles. The van der Waals surface area contributed by atoms with Crippen molar-refractivity contribution < 1.29 is 14.6 Å². The van der Waals surface area contributed by atoms with Gasteiger partial charge in [-0.2, -0.15) is 0 Å². The summed E-state index contributed by atoms with van der Waals surface area (Å²) in [6, 6.07) is 0. The molecule has 0 aliphatic heterocycles. The van der Waals surface area contributed by atoms with Crippen LogP contribution in [0.2, 0.25) is 0 Å². The molecular formula is C12H30ClNNiOP2-. The number of rotatable bonds is 6. The fourth-order valence-electron chi connectivity index (χ4n) is 1.34. The van der Waals surface area contributed by atoms with Gasteiger partial charge in [0.15, 0.2) is 0 Å². The van der Waals surface area contributed by atoms with Crippen LogP contribution in [-0.4, -0.2) is 37.0 Å². The SMILES string of the molecule is CCP(CC)CC.CCP(CC)CC.[Cl][Ni].[N-]=O. The van der Waals surface area contributed by atoms with Crippen LogP contribution in [-0.2, 0) is 14.6 Å². The number of nitrogens with zero attached hydrogens (tertiary/aromatic N) is 1. The van der Waals surface area contributed by atoms with Crippen LogP contribution in [0.3, 0.4) is 0 Å². The Balaban J connectivity index is -0.0000000851. The predicted molar refractivity (Wildman–Crippen MR) is 89.7 cm³/mol. The summed E-state index contributed by atoms with van der Waals surface area (Å²) in [7, 11) is 5.16. The summed E-state index contributed by atoms with van der Waals surface area (Å²) in [5, 5.41) is 0. The molecule has 0 aromatic rings. The van der Waals surface area contributed by atoms with Gasteiger partial charge in [0.1, 0.15) is 0 Å². The molecule has 0 radical (unpaired) electrons. The van der Waals surface area contributed by atoms with E-state index in [2.05, 4.69) is 66.3 Å². The van der Waals surface area contributed by atoms with Gasteiger partial charge in [-0.25, -0.2) is 0 Å². The molecule has 0 amide bonds. The molecule has 0 atom stereocenters. The first-order valence-electron chi connectivity index (χ1n) is 6.44. The van der Waals surface area contributed by atoms with Crippen molar-refractivity contribution in [2.24, 2.45) is 0 Å². The normalized spacial score (nSPS) is 8.61. The van der Waals surface area contributed by atoms with Gasteiger partial charge in [-0.3, -0.25) is 0 Å². The summed E-state index contributed by atoms with van der Waals surface area (Å²) < 4.78 is 0. The van der Waals surface area contributed by atoms with Gasteiger partial charge in [-0.05, 0) is 37.0 Å². The molecule has 18 heavy (non-hydrogen) atoms. The molecule has 0 N–H and O–H groups in total. The van der Waals surface area contributed by atoms with E-state index in [-0.39, 0.29) is 0 Å². The molecule has 0 aliphatic carbocycles. The minimum absolute atomic E-state index is 0.446. The van der Waals surface area contributed by atoms with Crippen LogP contribution in [0.1, 0.15) is 41.5 Å². The molecule has 0 aliphatic rings. The standard InChI is InChI=1S/2C6H15P.ClH.NO.Ni/c2*1-4-7(5-2)6-3;;1-2;/h2*4-6H2,1-3H3;1H;;/q;;;-1;+1/p-1. The van der Waals surface area contributed by atoms with E-state index in [1.54, 1.807) is 0 Å². The summed E-state index contributed by atoms with van der Waals surface area (Å²) in [5.41, 5.74) is 5.75. The third-order valence-electron chi connectivity index (χ3n) is 2.68. The average Bonchev–Trinajstić information content (AvgIpc) is 2.48. The van der Waals surface area contributed by atoms with Crippen LogP contribution in [0.25, 0.3) is 5.59 Å². The van der Waals surface area contributed by atoms with Gasteiger partial charge < -0.3 is 10.5 Å². The monoisotopic (exact) mass is 359 g/mol. The number of nitroso groups, excluding NO2 is 1. The molecule has 2 nitrogen and oxygen atoms in total. The molecule has 0 heterocycles. The Bertz CT molecular complexity index is 95.2. The van der Waals surface area contributed by atoms with E-state index in [0.717, 1.165) is 0 Å². The van der Waals surface area contributed by atoms with Crippen molar-refractivity contribution >= 4 is 26.0 Å². The first kappa shape index (κ1) is 27.6. The van der Waals surface area contributed by atoms with Gasteiger partial charge in [0, 0.05) is 0 Å². The number of halogens is 1. The second-order valence-electron chi connectivity index (χ2n) is 3.24. The zero-order valence-corrected chi connectivity index (χ0v) is 16.2. The van der Waals surface area contributed by atoms with Crippen LogP contribution in [0, 0.1) is 4.91 Å². The molecule has 0 unspecified atom stereocenters. The zero-order chi connectivity index (χ0) is 15.4. The van der Waals surface area contributed by atoms with Gasteiger partial charge in [-0.1, -0.05) is 41.5 Å². The Kier molecular flexibility index (Phi) is 47.4. The molecule has 0 fully saturated rings. The first-order valence-corrected chi connectivity index (χ1v) is 11.6. The van der Waals surface area contributed by atoms with Crippen molar-refractivity contribution in [1.29, 1.82) is 0 Å². The Morgan fingerprint density at radius 2 is 0.778 bits per heavy atom. The van der Waals surface area contributed by atoms with E-state index >= 15 is 0 Å². The van der Waals surface area contributed by atoms with Crippen molar-refractivity contribution in [3.63, 3.8) is 0 Å². The summed E-state index contributed by atoms with van der Waals surface area (Å²) in [6.07, 6.45) is 8.51. The Morgan fingerprint density at radius 3 is 0.778 bits per heavy atom. The van der Waals surface area contributed by atoms with Crippen LogP contribution in [0.5, 0.6) is 0 Å². The fraction of sp³-hybridized carbons (Fsp3) is 1.00. The van der Waals surface area contributed by atoms with Crippen LogP contribution in [0.4, 0.5) is 0 Å². The number of hydrogen-bond donors (Lipinski definition) is 0. The fourth-order valence-corrected chi connectivity index (χ4v) is 4.02. The van der Waals surface area contributed by atoms with E-state index in [1.165, 1.54) is 37.0 Å². The van der Waals surface area contributed by atoms with Crippen LogP contribution in [0.15, 0.2) is 0 Å². The molecule has 0 aromatic heterocycles. The van der Waals surface area contributed by atoms with Gasteiger partial charge in [0.05, 0.1) is 0 Å². The largest absolute Gasteiger partial charge is 0.577 e. The number of hydrogen-bond acceptors (Lipinski definition) is 1. The van der Waals surface area contributed by atoms with E-state index in [9.17, 15) is 0 Å². The molecule has 6 heteroatoms. The summed E-state index contributed by atoms with van der Waals surface area (Å²) in [5.74, 6) is 0. The molecule has 0 saturated heterocycles. The van der Waals surface area contributed by atoms with Gasteiger partial charge in [0.2, 0.25) is 0 Å². The van der Waals surface area contributed by atoms with Crippen LogP contribution < -0.4 is 0 Å². The van der Waals surface area contributed by atoms with Gasteiger partial charge >= 0.3 is 24.8 Å². The molecule has 0 aromatic carbocycles. The average molecular weight is 360 g/mol. The maximum absolute atomic E-state index is 7.25. The molecular weight excluding hydrogens is 330 g/mol. The van der Waals surface area contributed by atoms with Crippen molar-refractivity contribution in [2.45, 2.75) is 41.5 Å². The Morgan fingerprint density at radius 1 is 0.667 bits per heavy atom. The second-order valence-corrected chi connectivity index (χ2v) is 9.72. The van der Waals surface area contributed by atoms with E-state index in [0.29, 0.717) is 15.8 Å². The Labute approximate surface area is 129 Å². The van der Waals surface area contributed by atoms with Crippen molar-refractivity contribution in [3.8, 4) is 0 Å². The molecule has 0 spiro atoms. The van der Waals surface area contributed by atoms with E-state index in [1.807, 2.05) is 0 Å². The van der Waals surface area contributed by atoms with E-state index in [4.69, 9.17) is 10.5 Å². The van der Waals surface area contributed by atoms with Crippen molar-refractivity contribution in [3.05, 3.63) is 10.5 Å². The topological polar surface area (TPSA) is 39.4 Å². The first-order chi connectivity index (χ1) is 8.69. The van der Waals surface area contributed by atoms with Crippen molar-refractivity contribution in [1.82, 2.24) is 0 Å². The quantitative estimate of drug-likeness (QED) is 0.419. The second kappa shape index (κ2) is 30.9. The maximum Gasteiger partial charge on any atom is -0.423 e. The van der Waals surface area contributed by atoms with Gasteiger partial charge in [0.25, 0.3) is 0 Å². The van der Waals surface area contributed by atoms with Crippen molar-refractivity contribution in [2.75, 3.05) is 37.0 Å². The smallest absolute Gasteiger partial charge is 0.423 e. The summed E-state index contributed by atoms with van der Waals surface area (Å²) >= 11 is 3.35. The third kappa shape index (κ3) is 25.9. The Hall–Kier alpha value is 1.24. The molecule has 0 rings (SSSR count). The minimum Gasteiger partial charge on any atom is -0.577 e. The minimum atomic E-state index is 0.446. The van der Waals surface area contributed by atoms with Gasteiger partial charge in [-0.15, -0.1) is 15.8 Å². The van der Waals surface area contributed by atoms with Crippen LogP contribution >= 0.6 is 26.0 Å². The predicted octanol–water partition coefficient (Wildman–Crippen LogP) is 6.07. The summed E-state index contributed by atoms with van der Waals surface area (Å²) in [6.45, 7) is 13.7. The maximum atomic E-state index is 7.25. The van der Waals surface area contributed by atoms with E-state index < -0.39 is 0 Å². The zero-order valence-electron chi connectivity index (χ0n) is 12.7.